The number of quaternary nitrogens is 1. The second kappa shape index (κ2) is 8.67. The molecule has 1 aromatic rings. The molecule has 2 aliphatic rings. The lowest BCUT2D eigenvalue weighted by molar-refractivity contribution is -0.907. The molecule has 3 rings (SSSR count). The number of morpholine rings is 2. The number of carbonyl (C=O) groups is 1. The first-order valence-corrected chi connectivity index (χ1v) is 9.55. The summed E-state index contributed by atoms with van der Waals surface area (Å²) in [6.07, 6.45) is -4.38. The fourth-order valence-electron chi connectivity index (χ4n) is 3.85. The number of hydrogen-bond acceptors (Lipinski definition) is 4. The van der Waals surface area contributed by atoms with Crippen molar-refractivity contribution in [2.45, 2.75) is 32.2 Å². The average Bonchev–Trinajstić information content (AvgIpc) is 2.60. The van der Waals surface area contributed by atoms with E-state index in [9.17, 15) is 18.0 Å². The molecule has 2 saturated heterocycles. The van der Waals surface area contributed by atoms with Crippen molar-refractivity contribution in [1.82, 2.24) is 0 Å². The molecule has 0 radical (unpaired) electrons. The Morgan fingerprint density at radius 2 is 1.86 bits per heavy atom. The molecule has 2 aliphatic heterocycles. The molecule has 0 aliphatic carbocycles. The third-order valence-electron chi connectivity index (χ3n) is 4.98. The molecule has 0 saturated carbocycles. The van der Waals surface area contributed by atoms with E-state index in [1.54, 1.807) is 0 Å². The Morgan fingerprint density at radius 3 is 2.46 bits per heavy atom. The summed E-state index contributed by atoms with van der Waals surface area (Å²) in [7, 11) is 0. The molecule has 9 heteroatoms. The molecule has 2 heterocycles. The SMILES string of the molecule is C[C@@H]1C[NH+](CC(=O)Nc2cc(C(F)(F)F)ccc2N2CCOCC2)C[C@H](C)O1. The van der Waals surface area contributed by atoms with Crippen molar-refractivity contribution in [2.75, 3.05) is 56.2 Å². The zero-order chi connectivity index (χ0) is 20.3. The van der Waals surface area contributed by atoms with Crippen molar-refractivity contribution in [1.29, 1.82) is 0 Å². The Hall–Kier alpha value is -1.84. The summed E-state index contributed by atoms with van der Waals surface area (Å²) in [5.41, 5.74) is -0.000353. The Bertz CT molecular complexity index is 683. The highest BCUT2D eigenvalue weighted by Gasteiger charge is 2.32. The molecule has 0 bridgehead atoms. The van der Waals surface area contributed by atoms with Crippen molar-refractivity contribution >= 4 is 17.3 Å². The number of benzene rings is 1. The molecule has 0 aromatic heterocycles. The van der Waals surface area contributed by atoms with Crippen LogP contribution in [-0.4, -0.2) is 64.1 Å². The maximum absolute atomic E-state index is 13.2. The Balaban J connectivity index is 1.76. The van der Waals surface area contributed by atoms with Gasteiger partial charge in [-0.2, -0.15) is 13.2 Å². The number of alkyl halides is 3. The highest BCUT2D eigenvalue weighted by molar-refractivity contribution is 5.95. The number of carbonyl (C=O) groups excluding carboxylic acids is 1. The lowest BCUT2D eigenvalue weighted by atomic mass is 10.1. The molecular formula is C19H27F3N3O3+. The summed E-state index contributed by atoms with van der Waals surface area (Å²) >= 11 is 0. The van der Waals surface area contributed by atoms with Gasteiger partial charge in [0.15, 0.2) is 6.54 Å². The van der Waals surface area contributed by atoms with Gasteiger partial charge < -0.3 is 24.6 Å². The molecule has 1 unspecified atom stereocenters. The van der Waals surface area contributed by atoms with Crippen LogP contribution in [0.25, 0.3) is 0 Å². The summed E-state index contributed by atoms with van der Waals surface area (Å²) in [5, 5.41) is 2.71. The first-order chi connectivity index (χ1) is 13.2. The van der Waals surface area contributed by atoms with Gasteiger partial charge in [0.05, 0.1) is 30.2 Å². The summed E-state index contributed by atoms with van der Waals surface area (Å²) in [4.78, 5) is 15.6. The van der Waals surface area contributed by atoms with E-state index in [-0.39, 0.29) is 30.3 Å². The predicted octanol–water partition coefficient (Wildman–Crippen LogP) is 1.17. The summed E-state index contributed by atoms with van der Waals surface area (Å²) in [6, 6.07) is 3.50. The van der Waals surface area contributed by atoms with Gasteiger partial charge in [-0.15, -0.1) is 0 Å². The first-order valence-electron chi connectivity index (χ1n) is 9.55. The number of hydrogen-bond donors (Lipinski definition) is 2. The molecule has 1 amide bonds. The normalized spacial score (nSPS) is 26.2. The molecule has 1 aromatic carbocycles. The van der Waals surface area contributed by atoms with Gasteiger partial charge >= 0.3 is 6.18 Å². The van der Waals surface area contributed by atoms with Gasteiger partial charge in [-0.3, -0.25) is 4.79 Å². The monoisotopic (exact) mass is 402 g/mol. The Labute approximate surface area is 162 Å². The molecule has 6 nitrogen and oxygen atoms in total. The number of rotatable bonds is 4. The van der Waals surface area contributed by atoms with E-state index in [2.05, 4.69) is 5.32 Å². The van der Waals surface area contributed by atoms with Crippen molar-refractivity contribution in [3.63, 3.8) is 0 Å². The molecule has 28 heavy (non-hydrogen) atoms. The Morgan fingerprint density at radius 1 is 1.21 bits per heavy atom. The first kappa shape index (κ1) is 20.9. The second-order valence-corrected chi connectivity index (χ2v) is 7.47. The van der Waals surface area contributed by atoms with Crippen molar-refractivity contribution in [3.05, 3.63) is 23.8 Å². The van der Waals surface area contributed by atoms with E-state index >= 15 is 0 Å². The van der Waals surface area contributed by atoms with Crippen LogP contribution in [-0.2, 0) is 20.4 Å². The van der Waals surface area contributed by atoms with Gasteiger partial charge in [-0.1, -0.05) is 0 Å². The topological polar surface area (TPSA) is 55.2 Å². The van der Waals surface area contributed by atoms with Crippen LogP contribution in [0.15, 0.2) is 18.2 Å². The van der Waals surface area contributed by atoms with Gasteiger partial charge in [0.1, 0.15) is 25.3 Å². The quantitative estimate of drug-likeness (QED) is 0.794. The van der Waals surface area contributed by atoms with Crippen LogP contribution in [0.5, 0.6) is 0 Å². The van der Waals surface area contributed by atoms with Crippen LogP contribution in [0.3, 0.4) is 0 Å². The maximum atomic E-state index is 13.2. The van der Waals surface area contributed by atoms with Gasteiger partial charge in [0.2, 0.25) is 0 Å². The Kier molecular flexibility index (Phi) is 6.47. The van der Waals surface area contributed by atoms with Crippen LogP contribution in [0.4, 0.5) is 24.5 Å². The fourth-order valence-corrected chi connectivity index (χ4v) is 3.85. The molecule has 2 N–H and O–H groups in total. The summed E-state index contributed by atoms with van der Waals surface area (Å²) in [6.45, 7) is 7.62. The number of nitrogens with one attached hydrogen (secondary N) is 2. The molecule has 156 valence electrons. The van der Waals surface area contributed by atoms with Gasteiger partial charge in [-0.05, 0) is 32.0 Å². The lowest BCUT2D eigenvalue weighted by Crippen LogP contribution is -3.16. The third kappa shape index (κ3) is 5.36. The molecular weight excluding hydrogens is 375 g/mol. The van der Waals surface area contributed by atoms with Crippen molar-refractivity contribution in [2.24, 2.45) is 0 Å². The molecule has 0 spiro atoms. The number of halogens is 3. The molecule has 3 atom stereocenters. The highest BCUT2D eigenvalue weighted by atomic mass is 19.4. The zero-order valence-corrected chi connectivity index (χ0v) is 16.1. The largest absolute Gasteiger partial charge is 0.416 e. The van der Waals surface area contributed by atoms with E-state index in [0.29, 0.717) is 45.1 Å². The minimum atomic E-state index is -4.47. The van der Waals surface area contributed by atoms with E-state index in [1.807, 2.05) is 18.7 Å². The van der Waals surface area contributed by atoms with E-state index in [1.165, 1.54) is 6.07 Å². The average molecular weight is 402 g/mol. The van der Waals surface area contributed by atoms with Gasteiger partial charge in [0.25, 0.3) is 5.91 Å². The summed E-state index contributed by atoms with van der Waals surface area (Å²) < 4.78 is 50.5. The number of amides is 1. The minimum absolute atomic E-state index is 0.0454. The van der Waals surface area contributed by atoms with Crippen molar-refractivity contribution in [3.8, 4) is 0 Å². The fraction of sp³-hybridized carbons (Fsp3) is 0.632. The predicted molar refractivity (Wildman–Crippen MR) is 98.7 cm³/mol. The maximum Gasteiger partial charge on any atom is 0.416 e. The zero-order valence-electron chi connectivity index (χ0n) is 16.1. The van der Waals surface area contributed by atoms with E-state index in [0.717, 1.165) is 17.0 Å². The number of ether oxygens (including phenoxy) is 2. The van der Waals surface area contributed by atoms with Gasteiger partial charge in [0, 0.05) is 13.1 Å². The van der Waals surface area contributed by atoms with Crippen LogP contribution in [0.2, 0.25) is 0 Å². The smallest absolute Gasteiger partial charge is 0.378 e. The van der Waals surface area contributed by atoms with Crippen LogP contribution in [0, 0.1) is 0 Å². The standard InChI is InChI=1S/C19H26F3N3O3/c1-13-10-24(11-14(2)28-13)12-18(26)23-16-9-15(19(20,21)22)3-4-17(16)25-5-7-27-8-6-25/h3-4,9,13-14H,5-8,10-12H2,1-2H3,(H,23,26)/p+1/t13-,14+. The minimum Gasteiger partial charge on any atom is -0.378 e. The van der Waals surface area contributed by atoms with Crippen LogP contribution >= 0.6 is 0 Å². The van der Waals surface area contributed by atoms with E-state index in [4.69, 9.17) is 9.47 Å². The van der Waals surface area contributed by atoms with Gasteiger partial charge in [-0.25, -0.2) is 0 Å². The lowest BCUT2D eigenvalue weighted by Gasteiger charge is -2.32. The van der Waals surface area contributed by atoms with Crippen LogP contribution < -0.4 is 15.1 Å². The summed E-state index contributed by atoms with van der Waals surface area (Å²) in [5.74, 6) is -0.301. The number of nitrogens with zero attached hydrogens (tertiary/aromatic N) is 1. The second-order valence-electron chi connectivity index (χ2n) is 7.47. The van der Waals surface area contributed by atoms with E-state index < -0.39 is 11.7 Å². The molecule has 2 fully saturated rings. The van der Waals surface area contributed by atoms with Crippen molar-refractivity contribution < 1.29 is 32.3 Å². The highest BCUT2D eigenvalue weighted by Crippen LogP contribution is 2.35. The number of anilines is 2. The van der Waals surface area contributed by atoms with Crippen LogP contribution in [0.1, 0.15) is 19.4 Å². The third-order valence-corrected chi connectivity index (χ3v) is 4.98.